The third-order valence-electron chi connectivity index (χ3n) is 5.58. The summed E-state index contributed by atoms with van der Waals surface area (Å²) in [6.07, 6.45) is 4.09. The largest absolute Gasteiger partial charge is 0.306 e. The molecule has 30 heavy (non-hydrogen) atoms. The van der Waals surface area contributed by atoms with Crippen molar-refractivity contribution < 1.29 is 0 Å². The topological polar surface area (TPSA) is 72.6 Å². The molecule has 4 aromatic rings. The standard InChI is InChI=1S/C23H23N7/c1-29-14-12-19(13-15-29)30-16-20(25-28-30)23-24-21(17-8-4-2-5-9-17)22(26-27-23)18-10-6-3-7-11-18/h2-11,16,19H,12-15H2,1H3. The molecule has 0 N–H and O–H groups in total. The second-order valence-electron chi connectivity index (χ2n) is 7.68. The van der Waals surface area contributed by atoms with Crippen molar-refractivity contribution in [1.82, 2.24) is 35.1 Å². The van der Waals surface area contributed by atoms with Crippen molar-refractivity contribution in [2.75, 3.05) is 20.1 Å². The summed E-state index contributed by atoms with van der Waals surface area (Å²) in [4.78, 5) is 7.21. The summed E-state index contributed by atoms with van der Waals surface area (Å²) in [5.74, 6) is 0.493. The van der Waals surface area contributed by atoms with Gasteiger partial charge < -0.3 is 4.90 Å². The van der Waals surface area contributed by atoms with Crippen LogP contribution in [0, 0.1) is 0 Å². The molecule has 0 unspecified atom stereocenters. The minimum absolute atomic E-state index is 0.368. The van der Waals surface area contributed by atoms with Crippen molar-refractivity contribution in [2.24, 2.45) is 0 Å². The van der Waals surface area contributed by atoms with Crippen molar-refractivity contribution in [2.45, 2.75) is 18.9 Å². The van der Waals surface area contributed by atoms with Crippen molar-refractivity contribution in [1.29, 1.82) is 0 Å². The first-order valence-electron chi connectivity index (χ1n) is 10.2. The van der Waals surface area contributed by atoms with Crippen LogP contribution in [0.15, 0.2) is 66.9 Å². The highest BCUT2D eigenvalue weighted by atomic mass is 15.4. The quantitative estimate of drug-likeness (QED) is 0.522. The van der Waals surface area contributed by atoms with E-state index in [0.717, 1.165) is 48.4 Å². The first-order chi connectivity index (χ1) is 14.8. The van der Waals surface area contributed by atoms with E-state index in [1.54, 1.807) is 0 Å². The van der Waals surface area contributed by atoms with Crippen LogP contribution in [0.1, 0.15) is 18.9 Å². The van der Waals surface area contributed by atoms with E-state index >= 15 is 0 Å². The smallest absolute Gasteiger partial charge is 0.204 e. The monoisotopic (exact) mass is 397 g/mol. The van der Waals surface area contributed by atoms with Gasteiger partial charge >= 0.3 is 0 Å². The maximum Gasteiger partial charge on any atom is 0.204 e. The molecule has 2 aromatic heterocycles. The van der Waals surface area contributed by atoms with Crippen LogP contribution >= 0.6 is 0 Å². The van der Waals surface area contributed by atoms with Crippen LogP contribution in [0.3, 0.4) is 0 Å². The van der Waals surface area contributed by atoms with Gasteiger partial charge in [-0.05, 0) is 33.0 Å². The van der Waals surface area contributed by atoms with Gasteiger partial charge in [0.05, 0.1) is 12.2 Å². The van der Waals surface area contributed by atoms with Gasteiger partial charge in [0.15, 0.2) is 5.69 Å². The number of hydrogen-bond donors (Lipinski definition) is 0. The van der Waals surface area contributed by atoms with Gasteiger partial charge in [-0.25, -0.2) is 9.67 Å². The molecule has 0 saturated carbocycles. The highest BCUT2D eigenvalue weighted by Gasteiger charge is 2.21. The first kappa shape index (κ1) is 18.6. The lowest BCUT2D eigenvalue weighted by Gasteiger charge is -2.28. The van der Waals surface area contributed by atoms with Gasteiger partial charge in [0.25, 0.3) is 0 Å². The lowest BCUT2D eigenvalue weighted by Crippen LogP contribution is -2.31. The molecule has 0 atom stereocenters. The molecule has 2 aromatic carbocycles. The predicted octanol–water partition coefficient (Wildman–Crippen LogP) is 3.73. The molecular formula is C23H23N7. The van der Waals surface area contributed by atoms with Crippen LogP contribution in [0.2, 0.25) is 0 Å². The molecule has 1 aliphatic rings. The Morgan fingerprint density at radius 3 is 2.07 bits per heavy atom. The van der Waals surface area contributed by atoms with Crippen molar-refractivity contribution >= 4 is 0 Å². The molecule has 0 radical (unpaired) electrons. The lowest BCUT2D eigenvalue weighted by molar-refractivity contribution is 0.210. The van der Waals surface area contributed by atoms with E-state index in [0.29, 0.717) is 17.6 Å². The van der Waals surface area contributed by atoms with Gasteiger partial charge in [0, 0.05) is 11.1 Å². The zero-order chi connectivity index (χ0) is 20.3. The van der Waals surface area contributed by atoms with E-state index in [4.69, 9.17) is 4.98 Å². The Kier molecular flexibility index (Phi) is 5.03. The average Bonchev–Trinajstić information content (AvgIpc) is 3.31. The minimum atomic E-state index is 0.368. The molecule has 1 fully saturated rings. The number of hydrogen-bond acceptors (Lipinski definition) is 6. The summed E-state index contributed by atoms with van der Waals surface area (Å²) >= 11 is 0. The Bertz CT molecular complexity index is 1120. The lowest BCUT2D eigenvalue weighted by atomic mass is 10.0. The number of likely N-dealkylation sites (tertiary alicyclic amines) is 1. The molecule has 0 spiro atoms. The summed E-state index contributed by atoms with van der Waals surface area (Å²) < 4.78 is 1.96. The van der Waals surface area contributed by atoms with Crippen molar-refractivity contribution in [3.63, 3.8) is 0 Å². The van der Waals surface area contributed by atoms with Crippen molar-refractivity contribution in [3.8, 4) is 34.0 Å². The number of benzene rings is 2. The molecule has 1 saturated heterocycles. The molecule has 5 rings (SSSR count). The van der Waals surface area contributed by atoms with E-state index in [1.165, 1.54) is 0 Å². The fourth-order valence-electron chi connectivity index (χ4n) is 3.84. The van der Waals surface area contributed by atoms with Crippen LogP contribution in [0.4, 0.5) is 0 Å². The number of nitrogens with zero attached hydrogens (tertiary/aromatic N) is 7. The zero-order valence-corrected chi connectivity index (χ0v) is 16.9. The third kappa shape index (κ3) is 3.71. The van der Waals surface area contributed by atoms with Crippen LogP contribution in [0.5, 0.6) is 0 Å². The molecule has 3 heterocycles. The molecule has 0 aliphatic carbocycles. The van der Waals surface area contributed by atoms with Crippen LogP contribution in [0.25, 0.3) is 34.0 Å². The first-order valence-corrected chi connectivity index (χ1v) is 10.2. The van der Waals surface area contributed by atoms with Gasteiger partial charge in [0.1, 0.15) is 11.4 Å². The third-order valence-corrected chi connectivity index (χ3v) is 5.58. The van der Waals surface area contributed by atoms with Gasteiger partial charge in [-0.3, -0.25) is 0 Å². The number of rotatable bonds is 4. The normalized spacial score (nSPS) is 15.4. The molecule has 7 nitrogen and oxygen atoms in total. The molecule has 0 amide bonds. The van der Waals surface area contributed by atoms with Gasteiger partial charge in [-0.1, -0.05) is 65.9 Å². The Balaban J connectivity index is 1.53. The van der Waals surface area contributed by atoms with Crippen molar-refractivity contribution in [3.05, 3.63) is 66.9 Å². The Hall–Kier alpha value is -3.45. The maximum atomic E-state index is 4.86. The van der Waals surface area contributed by atoms with E-state index in [9.17, 15) is 0 Å². The summed E-state index contributed by atoms with van der Waals surface area (Å²) in [5, 5.41) is 17.7. The summed E-state index contributed by atoms with van der Waals surface area (Å²) in [6, 6.07) is 20.5. The second kappa shape index (κ2) is 8.12. The van der Waals surface area contributed by atoms with E-state index in [2.05, 4.69) is 32.5 Å². The zero-order valence-electron chi connectivity index (χ0n) is 16.9. The Morgan fingerprint density at radius 1 is 0.767 bits per heavy atom. The summed E-state index contributed by atoms with van der Waals surface area (Å²) in [7, 11) is 2.15. The number of piperidine rings is 1. The van der Waals surface area contributed by atoms with E-state index in [1.807, 2.05) is 71.5 Å². The van der Waals surface area contributed by atoms with Gasteiger partial charge in [-0.2, -0.15) is 0 Å². The molecule has 7 heteroatoms. The van der Waals surface area contributed by atoms with Gasteiger partial charge in [0.2, 0.25) is 5.82 Å². The Labute approximate surface area is 175 Å². The molecule has 150 valence electrons. The van der Waals surface area contributed by atoms with E-state index in [-0.39, 0.29) is 0 Å². The maximum absolute atomic E-state index is 4.86. The molecule has 0 bridgehead atoms. The average molecular weight is 397 g/mol. The minimum Gasteiger partial charge on any atom is -0.306 e. The SMILES string of the molecule is CN1CCC(n2cc(-c3nnc(-c4ccccc4)c(-c4ccccc4)n3)nn2)CC1. The second-order valence-corrected chi connectivity index (χ2v) is 7.68. The van der Waals surface area contributed by atoms with Crippen LogP contribution < -0.4 is 0 Å². The summed E-state index contributed by atoms with van der Waals surface area (Å²) in [5.41, 5.74) is 4.18. The van der Waals surface area contributed by atoms with E-state index < -0.39 is 0 Å². The fraction of sp³-hybridized carbons (Fsp3) is 0.261. The van der Waals surface area contributed by atoms with Crippen LogP contribution in [-0.2, 0) is 0 Å². The molecule has 1 aliphatic heterocycles. The highest BCUT2D eigenvalue weighted by Crippen LogP contribution is 2.30. The summed E-state index contributed by atoms with van der Waals surface area (Å²) in [6.45, 7) is 2.14. The highest BCUT2D eigenvalue weighted by molar-refractivity contribution is 5.78. The van der Waals surface area contributed by atoms with Gasteiger partial charge in [-0.15, -0.1) is 15.3 Å². The van der Waals surface area contributed by atoms with Crippen LogP contribution in [-0.4, -0.2) is 55.2 Å². The fourth-order valence-corrected chi connectivity index (χ4v) is 3.84. The number of aromatic nitrogens is 6. The Morgan fingerprint density at radius 2 is 1.40 bits per heavy atom. The predicted molar refractivity (Wildman–Crippen MR) is 115 cm³/mol. The molecular weight excluding hydrogens is 374 g/mol.